The van der Waals surface area contributed by atoms with Gasteiger partial charge in [0.2, 0.25) is 5.91 Å². The Hall–Kier alpha value is -1.14. The van der Waals surface area contributed by atoms with E-state index >= 15 is 0 Å². The number of piperidine rings is 1. The Balaban J connectivity index is 2.62. The number of likely N-dealkylation sites (tertiary alicyclic amines) is 1. The summed E-state index contributed by atoms with van der Waals surface area (Å²) in [6.45, 7) is 1.21. The molecule has 0 spiro atoms. The molecule has 1 aliphatic heterocycles. The largest absolute Gasteiger partial charge is 0.480 e. The molecule has 0 aromatic heterocycles. The topological polar surface area (TPSA) is 92.9 Å². The third kappa shape index (κ3) is 3.18. The van der Waals surface area contributed by atoms with Crippen LogP contribution in [0.15, 0.2) is 0 Å². The number of carbonyl (C=O) groups is 2. The van der Waals surface area contributed by atoms with Gasteiger partial charge in [0.25, 0.3) is 0 Å². The molecular formula is C10H18N2O4. The molecule has 1 rings (SSSR count). The molecule has 1 heterocycles. The van der Waals surface area contributed by atoms with E-state index in [0.717, 1.165) is 12.8 Å². The van der Waals surface area contributed by atoms with E-state index in [1.54, 1.807) is 4.90 Å². The van der Waals surface area contributed by atoms with E-state index < -0.39 is 12.0 Å². The molecule has 3 N–H and O–H groups in total. The van der Waals surface area contributed by atoms with Gasteiger partial charge in [-0.2, -0.15) is 0 Å². The molecule has 2 unspecified atom stereocenters. The number of carbonyl (C=O) groups excluding carboxylic acids is 1. The maximum Gasteiger partial charge on any atom is 0.323 e. The zero-order chi connectivity index (χ0) is 12.1. The molecule has 0 bridgehead atoms. The molecule has 0 aromatic rings. The molecule has 0 saturated carbocycles. The van der Waals surface area contributed by atoms with Gasteiger partial charge < -0.3 is 15.6 Å². The van der Waals surface area contributed by atoms with Gasteiger partial charge >= 0.3 is 5.97 Å². The van der Waals surface area contributed by atoms with E-state index in [-0.39, 0.29) is 18.4 Å². The first-order valence-corrected chi connectivity index (χ1v) is 5.31. The Morgan fingerprint density at radius 1 is 1.62 bits per heavy atom. The minimum Gasteiger partial charge on any atom is -0.480 e. The molecule has 6 nitrogen and oxygen atoms in total. The SMILES string of the molecule is COCC(C(=O)O)N1CCCC(C(N)=O)C1. The molecule has 1 saturated heterocycles. The van der Waals surface area contributed by atoms with Crippen molar-refractivity contribution in [2.45, 2.75) is 18.9 Å². The fourth-order valence-electron chi connectivity index (χ4n) is 2.01. The number of carboxylic acids is 1. The van der Waals surface area contributed by atoms with Gasteiger partial charge in [0, 0.05) is 13.7 Å². The molecular weight excluding hydrogens is 212 g/mol. The quantitative estimate of drug-likeness (QED) is 0.650. The monoisotopic (exact) mass is 230 g/mol. The summed E-state index contributed by atoms with van der Waals surface area (Å²) in [7, 11) is 1.46. The minimum absolute atomic E-state index is 0.126. The van der Waals surface area contributed by atoms with Gasteiger partial charge in [-0.1, -0.05) is 0 Å². The van der Waals surface area contributed by atoms with Gasteiger partial charge in [-0.15, -0.1) is 0 Å². The fourth-order valence-corrected chi connectivity index (χ4v) is 2.01. The van der Waals surface area contributed by atoms with Crippen molar-refractivity contribution in [2.24, 2.45) is 11.7 Å². The number of hydrogen-bond acceptors (Lipinski definition) is 4. The van der Waals surface area contributed by atoms with Gasteiger partial charge in [0.05, 0.1) is 12.5 Å². The maximum absolute atomic E-state index is 11.1. The van der Waals surface area contributed by atoms with Crippen LogP contribution in [0.2, 0.25) is 0 Å². The Morgan fingerprint density at radius 2 is 2.31 bits per heavy atom. The summed E-state index contributed by atoms with van der Waals surface area (Å²) in [4.78, 5) is 23.8. The Bertz CT molecular complexity index is 270. The van der Waals surface area contributed by atoms with Crippen LogP contribution in [0.4, 0.5) is 0 Å². The van der Waals surface area contributed by atoms with Crippen molar-refractivity contribution in [2.75, 3.05) is 26.8 Å². The lowest BCUT2D eigenvalue weighted by Gasteiger charge is -2.34. The third-order valence-corrected chi connectivity index (χ3v) is 2.91. The second-order valence-electron chi connectivity index (χ2n) is 4.05. The summed E-state index contributed by atoms with van der Waals surface area (Å²) in [6.07, 6.45) is 1.53. The van der Waals surface area contributed by atoms with Gasteiger partial charge in [-0.3, -0.25) is 14.5 Å². The normalized spacial score (nSPS) is 23.9. The number of nitrogens with zero attached hydrogens (tertiary/aromatic N) is 1. The lowest BCUT2D eigenvalue weighted by molar-refractivity contribution is -0.147. The van der Waals surface area contributed by atoms with Gasteiger partial charge in [-0.25, -0.2) is 0 Å². The number of rotatable bonds is 5. The van der Waals surface area contributed by atoms with Gasteiger partial charge in [0.1, 0.15) is 6.04 Å². The number of primary amides is 1. The summed E-state index contributed by atoms with van der Waals surface area (Å²) in [5, 5.41) is 9.04. The van der Waals surface area contributed by atoms with Gasteiger partial charge in [-0.05, 0) is 19.4 Å². The summed E-state index contributed by atoms with van der Waals surface area (Å²) in [5.74, 6) is -1.52. The zero-order valence-electron chi connectivity index (χ0n) is 9.39. The molecule has 2 atom stereocenters. The van der Waals surface area contributed by atoms with Crippen LogP contribution in [-0.4, -0.2) is 54.7 Å². The van der Waals surface area contributed by atoms with Crippen molar-refractivity contribution >= 4 is 11.9 Å². The van der Waals surface area contributed by atoms with Crippen LogP contribution in [0.5, 0.6) is 0 Å². The van der Waals surface area contributed by atoms with Gasteiger partial charge in [0.15, 0.2) is 0 Å². The first-order valence-electron chi connectivity index (χ1n) is 5.31. The van der Waals surface area contributed by atoms with Crippen molar-refractivity contribution < 1.29 is 19.4 Å². The number of amides is 1. The molecule has 0 aromatic carbocycles. The maximum atomic E-state index is 11.1. The van der Waals surface area contributed by atoms with Crippen molar-refractivity contribution in [3.8, 4) is 0 Å². The third-order valence-electron chi connectivity index (χ3n) is 2.91. The predicted octanol–water partition coefficient (Wildman–Crippen LogP) is -0.717. The number of hydrogen-bond donors (Lipinski definition) is 2. The molecule has 1 fully saturated rings. The number of nitrogens with two attached hydrogens (primary N) is 1. The van der Waals surface area contributed by atoms with E-state index in [0.29, 0.717) is 13.1 Å². The number of ether oxygens (including phenoxy) is 1. The number of aliphatic carboxylic acids is 1. The highest BCUT2D eigenvalue weighted by Gasteiger charge is 2.32. The molecule has 1 aliphatic rings. The molecule has 92 valence electrons. The first kappa shape index (κ1) is 12.9. The Labute approximate surface area is 94.3 Å². The molecule has 6 heteroatoms. The van der Waals surface area contributed by atoms with Crippen LogP contribution >= 0.6 is 0 Å². The summed E-state index contributed by atoms with van der Waals surface area (Å²) >= 11 is 0. The average Bonchev–Trinajstić information content (AvgIpc) is 2.25. The molecule has 0 radical (unpaired) electrons. The minimum atomic E-state index is -0.924. The Kier molecular flexibility index (Phi) is 4.70. The lowest BCUT2D eigenvalue weighted by Crippen LogP contribution is -2.51. The van der Waals surface area contributed by atoms with Crippen LogP contribution in [-0.2, 0) is 14.3 Å². The second-order valence-corrected chi connectivity index (χ2v) is 4.05. The smallest absolute Gasteiger partial charge is 0.323 e. The highest BCUT2D eigenvalue weighted by atomic mass is 16.5. The predicted molar refractivity (Wildman–Crippen MR) is 56.8 cm³/mol. The molecule has 16 heavy (non-hydrogen) atoms. The summed E-state index contributed by atoms with van der Waals surface area (Å²) in [6, 6.07) is -0.688. The zero-order valence-corrected chi connectivity index (χ0v) is 9.39. The van der Waals surface area contributed by atoms with E-state index in [1.807, 2.05) is 0 Å². The van der Waals surface area contributed by atoms with Crippen LogP contribution in [0, 0.1) is 5.92 Å². The van der Waals surface area contributed by atoms with Crippen molar-refractivity contribution in [1.82, 2.24) is 4.90 Å². The highest BCUT2D eigenvalue weighted by molar-refractivity contribution is 5.77. The standard InChI is InChI=1S/C10H18N2O4/c1-16-6-8(10(14)15)12-4-2-3-7(5-12)9(11)13/h7-8H,2-6H2,1H3,(H2,11,13)(H,14,15). The van der Waals surface area contributed by atoms with E-state index in [2.05, 4.69) is 0 Å². The Morgan fingerprint density at radius 3 is 2.81 bits per heavy atom. The van der Waals surface area contributed by atoms with Crippen molar-refractivity contribution in [3.05, 3.63) is 0 Å². The summed E-state index contributed by atoms with van der Waals surface area (Å²) in [5.41, 5.74) is 5.24. The van der Waals surface area contributed by atoms with E-state index in [4.69, 9.17) is 15.6 Å². The second kappa shape index (κ2) is 5.81. The lowest BCUT2D eigenvalue weighted by atomic mass is 9.96. The summed E-state index contributed by atoms with van der Waals surface area (Å²) < 4.78 is 4.88. The fraction of sp³-hybridized carbons (Fsp3) is 0.800. The van der Waals surface area contributed by atoms with Crippen molar-refractivity contribution in [3.63, 3.8) is 0 Å². The van der Waals surface area contributed by atoms with E-state index in [1.165, 1.54) is 7.11 Å². The number of methoxy groups -OCH3 is 1. The van der Waals surface area contributed by atoms with E-state index in [9.17, 15) is 9.59 Å². The average molecular weight is 230 g/mol. The highest BCUT2D eigenvalue weighted by Crippen LogP contribution is 2.18. The van der Waals surface area contributed by atoms with Crippen LogP contribution in [0.1, 0.15) is 12.8 Å². The van der Waals surface area contributed by atoms with Crippen molar-refractivity contribution in [1.29, 1.82) is 0 Å². The molecule has 0 aliphatic carbocycles. The molecule has 1 amide bonds. The van der Waals surface area contributed by atoms with Crippen LogP contribution < -0.4 is 5.73 Å². The number of carboxylic acid groups (broad SMARTS) is 1. The van der Waals surface area contributed by atoms with Crippen LogP contribution in [0.25, 0.3) is 0 Å². The first-order chi connectivity index (χ1) is 7.56. The van der Waals surface area contributed by atoms with Crippen LogP contribution in [0.3, 0.4) is 0 Å².